The maximum atomic E-state index is 13.5. The van der Waals surface area contributed by atoms with E-state index >= 15 is 0 Å². The first-order valence-corrected chi connectivity index (χ1v) is 7.40. The average molecular weight is 312 g/mol. The first-order valence-electron chi connectivity index (χ1n) is 7.40. The molecule has 0 spiro atoms. The van der Waals surface area contributed by atoms with Crippen LogP contribution in [0.3, 0.4) is 0 Å². The standard InChI is InChI=1S/C18H17FN2O2/c1-11-7-14-16(21-23-17(14)8-12(11)2)9-18(22)20-10-13-5-3-4-6-15(13)19/h3-8H,9-10H2,1-2H3,(H,20,22). The monoisotopic (exact) mass is 312 g/mol. The topological polar surface area (TPSA) is 55.1 Å². The van der Waals surface area contributed by atoms with Gasteiger partial charge in [-0.25, -0.2) is 4.39 Å². The van der Waals surface area contributed by atoms with E-state index in [1.165, 1.54) is 6.07 Å². The van der Waals surface area contributed by atoms with Gasteiger partial charge >= 0.3 is 0 Å². The molecule has 0 aliphatic carbocycles. The van der Waals surface area contributed by atoms with Crippen molar-refractivity contribution in [2.45, 2.75) is 26.8 Å². The predicted octanol–water partition coefficient (Wildman–Crippen LogP) is 3.44. The number of aryl methyl sites for hydroxylation is 2. The van der Waals surface area contributed by atoms with Crippen molar-refractivity contribution in [3.8, 4) is 0 Å². The molecule has 0 bridgehead atoms. The largest absolute Gasteiger partial charge is 0.356 e. The smallest absolute Gasteiger partial charge is 0.226 e. The molecule has 118 valence electrons. The molecule has 0 fully saturated rings. The highest BCUT2D eigenvalue weighted by molar-refractivity contribution is 5.87. The molecular formula is C18H17FN2O2. The first-order chi connectivity index (χ1) is 11.0. The van der Waals surface area contributed by atoms with Crippen LogP contribution in [0, 0.1) is 19.7 Å². The van der Waals surface area contributed by atoms with E-state index in [4.69, 9.17) is 4.52 Å². The van der Waals surface area contributed by atoms with Gasteiger partial charge in [0, 0.05) is 17.5 Å². The number of hydrogen-bond acceptors (Lipinski definition) is 3. The average Bonchev–Trinajstić information content (AvgIpc) is 2.89. The highest BCUT2D eigenvalue weighted by Crippen LogP contribution is 2.23. The van der Waals surface area contributed by atoms with Gasteiger partial charge in [0.2, 0.25) is 5.91 Å². The molecule has 5 heteroatoms. The van der Waals surface area contributed by atoms with Crippen LogP contribution in [0.15, 0.2) is 40.9 Å². The summed E-state index contributed by atoms with van der Waals surface area (Å²) in [5, 5.41) is 7.53. The molecule has 0 unspecified atom stereocenters. The molecule has 3 rings (SSSR count). The van der Waals surface area contributed by atoms with Crippen LogP contribution in [-0.4, -0.2) is 11.1 Å². The van der Waals surface area contributed by atoms with Gasteiger partial charge in [0.05, 0.1) is 6.42 Å². The van der Waals surface area contributed by atoms with E-state index in [1.54, 1.807) is 18.2 Å². The normalized spacial score (nSPS) is 10.9. The van der Waals surface area contributed by atoms with Gasteiger partial charge in [-0.1, -0.05) is 23.4 Å². The summed E-state index contributed by atoms with van der Waals surface area (Å²) in [6.45, 7) is 4.15. The second-order valence-electron chi connectivity index (χ2n) is 5.61. The molecular weight excluding hydrogens is 295 g/mol. The van der Waals surface area contributed by atoms with Crippen molar-refractivity contribution >= 4 is 16.9 Å². The van der Waals surface area contributed by atoms with Gasteiger partial charge in [0.15, 0.2) is 5.58 Å². The van der Waals surface area contributed by atoms with Gasteiger partial charge in [0.25, 0.3) is 0 Å². The summed E-state index contributed by atoms with van der Waals surface area (Å²) in [6, 6.07) is 10.3. The second kappa shape index (κ2) is 6.20. The number of amides is 1. The number of aromatic nitrogens is 1. The molecule has 1 N–H and O–H groups in total. The molecule has 1 aromatic heterocycles. The molecule has 1 amide bonds. The minimum absolute atomic E-state index is 0.101. The Morgan fingerprint density at radius 1 is 1.22 bits per heavy atom. The van der Waals surface area contributed by atoms with E-state index < -0.39 is 0 Å². The van der Waals surface area contributed by atoms with Gasteiger partial charge in [-0.2, -0.15) is 0 Å². The first kappa shape index (κ1) is 15.2. The van der Waals surface area contributed by atoms with Crippen molar-refractivity contribution in [2.75, 3.05) is 0 Å². The van der Waals surface area contributed by atoms with E-state index in [2.05, 4.69) is 10.5 Å². The highest BCUT2D eigenvalue weighted by Gasteiger charge is 2.14. The fourth-order valence-corrected chi connectivity index (χ4v) is 2.42. The van der Waals surface area contributed by atoms with Crippen molar-refractivity contribution in [2.24, 2.45) is 0 Å². The van der Waals surface area contributed by atoms with Gasteiger partial charge in [-0.15, -0.1) is 0 Å². The van der Waals surface area contributed by atoms with Crippen molar-refractivity contribution in [1.82, 2.24) is 10.5 Å². The third-order valence-corrected chi connectivity index (χ3v) is 3.92. The zero-order valence-electron chi connectivity index (χ0n) is 13.0. The number of benzene rings is 2. The summed E-state index contributed by atoms with van der Waals surface area (Å²) >= 11 is 0. The van der Waals surface area contributed by atoms with Crippen LogP contribution in [0.5, 0.6) is 0 Å². The number of rotatable bonds is 4. The van der Waals surface area contributed by atoms with Gasteiger partial charge in [0.1, 0.15) is 11.5 Å². The zero-order valence-corrected chi connectivity index (χ0v) is 13.0. The molecule has 0 atom stereocenters. The van der Waals surface area contributed by atoms with Crippen LogP contribution < -0.4 is 5.32 Å². The number of carbonyl (C=O) groups excluding carboxylic acids is 1. The number of carbonyl (C=O) groups is 1. The van der Waals surface area contributed by atoms with Gasteiger partial charge in [-0.05, 0) is 43.2 Å². The summed E-state index contributed by atoms with van der Waals surface area (Å²) < 4.78 is 18.8. The number of hydrogen-bond donors (Lipinski definition) is 1. The number of nitrogens with zero attached hydrogens (tertiary/aromatic N) is 1. The van der Waals surface area contributed by atoms with Crippen molar-refractivity contribution < 1.29 is 13.7 Å². The molecule has 2 aromatic carbocycles. The number of fused-ring (bicyclic) bond motifs is 1. The maximum Gasteiger partial charge on any atom is 0.226 e. The Morgan fingerprint density at radius 3 is 2.74 bits per heavy atom. The lowest BCUT2D eigenvalue weighted by Gasteiger charge is -2.05. The summed E-state index contributed by atoms with van der Waals surface area (Å²) in [5.74, 6) is -0.549. The molecule has 3 aromatic rings. The lowest BCUT2D eigenvalue weighted by Crippen LogP contribution is -2.25. The SMILES string of the molecule is Cc1cc2onc(CC(=O)NCc3ccccc3F)c2cc1C. The van der Waals surface area contributed by atoms with Gasteiger partial charge in [-0.3, -0.25) is 4.79 Å². The molecule has 0 radical (unpaired) electrons. The van der Waals surface area contributed by atoms with Crippen molar-refractivity contribution in [3.63, 3.8) is 0 Å². The Bertz CT molecular complexity index is 871. The minimum Gasteiger partial charge on any atom is -0.356 e. The molecule has 0 saturated heterocycles. The van der Waals surface area contributed by atoms with Crippen LogP contribution in [0.2, 0.25) is 0 Å². The summed E-state index contributed by atoms with van der Waals surface area (Å²) in [5.41, 5.74) is 3.95. The summed E-state index contributed by atoms with van der Waals surface area (Å²) in [4.78, 5) is 12.1. The molecule has 0 aliphatic heterocycles. The lowest BCUT2D eigenvalue weighted by molar-refractivity contribution is -0.120. The van der Waals surface area contributed by atoms with Crippen molar-refractivity contribution in [1.29, 1.82) is 0 Å². The van der Waals surface area contributed by atoms with Gasteiger partial charge < -0.3 is 9.84 Å². The Balaban J connectivity index is 1.71. The van der Waals surface area contributed by atoms with Crippen LogP contribution in [0.25, 0.3) is 11.0 Å². The zero-order chi connectivity index (χ0) is 16.4. The van der Waals surface area contributed by atoms with E-state index in [0.717, 1.165) is 16.5 Å². The van der Waals surface area contributed by atoms with E-state index in [-0.39, 0.29) is 24.7 Å². The fraction of sp³-hybridized carbons (Fsp3) is 0.222. The van der Waals surface area contributed by atoms with E-state index in [0.29, 0.717) is 16.8 Å². The third kappa shape index (κ3) is 3.23. The molecule has 0 aliphatic rings. The predicted molar refractivity (Wildman–Crippen MR) is 85.4 cm³/mol. The Kier molecular flexibility index (Phi) is 4.10. The summed E-state index contributed by atoms with van der Waals surface area (Å²) in [7, 11) is 0. The molecule has 23 heavy (non-hydrogen) atoms. The van der Waals surface area contributed by atoms with Crippen LogP contribution in [-0.2, 0) is 17.8 Å². The molecule has 4 nitrogen and oxygen atoms in total. The Labute approximate surface area is 133 Å². The van der Waals surface area contributed by atoms with E-state index in [9.17, 15) is 9.18 Å². The van der Waals surface area contributed by atoms with Crippen LogP contribution >= 0.6 is 0 Å². The minimum atomic E-state index is -0.328. The second-order valence-corrected chi connectivity index (χ2v) is 5.61. The van der Waals surface area contributed by atoms with Crippen LogP contribution in [0.4, 0.5) is 4.39 Å². The Morgan fingerprint density at radius 2 is 1.96 bits per heavy atom. The van der Waals surface area contributed by atoms with Crippen molar-refractivity contribution in [3.05, 3.63) is 64.6 Å². The summed E-state index contributed by atoms with van der Waals surface area (Å²) in [6.07, 6.45) is 0.101. The quantitative estimate of drug-likeness (QED) is 0.803. The Hall–Kier alpha value is -2.69. The third-order valence-electron chi connectivity index (χ3n) is 3.92. The maximum absolute atomic E-state index is 13.5. The fourth-order valence-electron chi connectivity index (χ4n) is 2.42. The number of nitrogens with one attached hydrogen (secondary N) is 1. The van der Waals surface area contributed by atoms with Crippen LogP contribution in [0.1, 0.15) is 22.4 Å². The number of halogens is 1. The molecule has 0 saturated carbocycles. The highest BCUT2D eigenvalue weighted by atomic mass is 19.1. The van der Waals surface area contributed by atoms with E-state index in [1.807, 2.05) is 26.0 Å². The molecule has 1 heterocycles. The lowest BCUT2D eigenvalue weighted by atomic mass is 10.1.